The highest BCUT2D eigenvalue weighted by Crippen LogP contribution is 2.25. The van der Waals surface area contributed by atoms with Crippen LogP contribution in [0.5, 0.6) is 5.75 Å². The van der Waals surface area contributed by atoms with Crippen LogP contribution in [0, 0.1) is 0 Å². The van der Waals surface area contributed by atoms with Crippen molar-refractivity contribution in [1.82, 2.24) is 15.2 Å². The zero-order valence-corrected chi connectivity index (χ0v) is 14.8. The molecule has 0 aliphatic rings. The lowest BCUT2D eigenvalue weighted by Crippen LogP contribution is -2.35. The minimum absolute atomic E-state index is 0.226. The Hall–Kier alpha value is -2.65. The Kier molecular flexibility index (Phi) is 7.14. The third kappa shape index (κ3) is 6.87. The van der Waals surface area contributed by atoms with E-state index in [-0.39, 0.29) is 17.4 Å². The van der Waals surface area contributed by atoms with Gasteiger partial charge in [-0.25, -0.2) is 4.98 Å². The zero-order valence-electron chi connectivity index (χ0n) is 14.8. The van der Waals surface area contributed by atoms with Crippen molar-refractivity contribution in [1.29, 1.82) is 0 Å². The number of likely N-dealkylation sites (N-methyl/N-ethyl adjacent to an activating group) is 1. The molecule has 0 saturated heterocycles. The van der Waals surface area contributed by atoms with Crippen molar-refractivity contribution in [3.63, 3.8) is 0 Å². The van der Waals surface area contributed by atoms with E-state index in [1.807, 2.05) is 11.9 Å². The number of alkyl halides is 3. The second kappa shape index (κ2) is 9.33. The van der Waals surface area contributed by atoms with Crippen molar-refractivity contribution < 1.29 is 22.7 Å². The van der Waals surface area contributed by atoms with E-state index in [0.29, 0.717) is 30.9 Å². The highest BCUT2D eigenvalue weighted by Gasteiger charge is 2.30. The molecule has 0 atom stereocenters. The maximum Gasteiger partial charge on any atom is 0.573 e. The lowest BCUT2D eigenvalue weighted by molar-refractivity contribution is -0.274. The fourth-order valence-electron chi connectivity index (χ4n) is 2.33. The third-order valence-electron chi connectivity index (χ3n) is 3.66. The van der Waals surface area contributed by atoms with Gasteiger partial charge in [-0.3, -0.25) is 4.79 Å². The van der Waals surface area contributed by atoms with Crippen molar-refractivity contribution in [2.45, 2.75) is 6.36 Å². The molecule has 0 aliphatic heterocycles. The topological polar surface area (TPSA) is 80.5 Å². The predicted octanol–water partition coefficient (Wildman–Crippen LogP) is 2.27. The van der Waals surface area contributed by atoms with Gasteiger partial charge < -0.3 is 20.7 Å². The number of amides is 1. The number of aromatic nitrogens is 1. The van der Waals surface area contributed by atoms with Crippen molar-refractivity contribution in [3.05, 3.63) is 48.2 Å². The molecule has 3 N–H and O–H groups in total. The molecular formula is C18H21F3N4O2. The SMILES string of the molecule is CN(CCN)CCNC(=O)c1cccc(-c2ccc(OC(F)(F)F)cc2)n1. The van der Waals surface area contributed by atoms with Gasteiger partial charge in [-0.15, -0.1) is 13.2 Å². The summed E-state index contributed by atoms with van der Waals surface area (Å²) in [5.74, 6) is -0.642. The molecule has 146 valence electrons. The Labute approximate surface area is 155 Å². The maximum atomic E-state index is 12.2. The predicted molar refractivity (Wildman–Crippen MR) is 95.2 cm³/mol. The van der Waals surface area contributed by atoms with Crippen LogP contribution in [0.15, 0.2) is 42.5 Å². The molecule has 6 nitrogen and oxygen atoms in total. The molecule has 1 aromatic heterocycles. The maximum absolute atomic E-state index is 12.2. The number of rotatable bonds is 8. The molecule has 0 bridgehead atoms. The number of hydrogen-bond donors (Lipinski definition) is 2. The van der Waals surface area contributed by atoms with Gasteiger partial charge in [0.05, 0.1) is 5.69 Å². The molecule has 0 radical (unpaired) electrons. The Morgan fingerprint density at radius 2 is 1.89 bits per heavy atom. The second-order valence-corrected chi connectivity index (χ2v) is 5.83. The van der Waals surface area contributed by atoms with Crippen LogP contribution in [-0.4, -0.2) is 55.4 Å². The molecule has 0 saturated carbocycles. The number of ether oxygens (including phenoxy) is 1. The first kappa shape index (κ1) is 20.7. The Morgan fingerprint density at radius 1 is 1.19 bits per heavy atom. The smallest absolute Gasteiger partial charge is 0.406 e. The van der Waals surface area contributed by atoms with E-state index in [1.54, 1.807) is 18.2 Å². The molecule has 2 rings (SSSR count). The number of pyridine rings is 1. The Balaban J connectivity index is 2.01. The van der Waals surface area contributed by atoms with E-state index in [0.717, 1.165) is 6.54 Å². The zero-order chi connectivity index (χ0) is 19.9. The van der Waals surface area contributed by atoms with Gasteiger partial charge in [0, 0.05) is 31.7 Å². The van der Waals surface area contributed by atoms with Crippen LogP contribution in [0.4, 0.5) is 13.2 Å². The fraction of sp³-hybridized carbons (Fsp3) is 0.333. The van der Waals surface area contributed by atoms with Crippen molar-refractivity contribution in [2.75, 3.05) is 33.2 Å². The molecule has 1 aromatic carbocycles. The lowest BCUT2D eigenvalue weighted by Gasteiger charge is -2.15. The number of carbonyl (C=O) groups is 1. The first-order valence-corrected chi connectivity index (χ1v) is 8.28. The number of nitrogens with two attached hydrogens (primary N) is 1. The summed E-state index contributed by atoms with van der Waals surface area (Å²) in [6, 6.07) is 10.2. The average molecular weight is 382 g/mol. The van der Waals surface area contributed by atoms with Gasteiger partial charge >= 0.3 is 6.36 Å². The van der Waals surface area contributed by atoms with Gasteiger partial charge in [-0.1, -0.05) is 6.07 Å². The molecular weight excluding hydrogens is 361 g/mol. The lowest BCUT2D eigenvalue weighted by atomic mass is 10.1. The van der Waals surface area contributed by atoms with Gasteiger partial charge in [0.15, 0.2) is 0 Å². The first-order valence-electron chi connectivity index (χ1n) is 8.28. The minimum Gasteiger partial charge on any atom is -0.406 e. The molecule has 27 heavy (non-hydrogen) atoms. The van der Waals surface area contributed by atoms with E-state index < -0.39 is 6.36 Å². The summed E-state index contributed by atoms with van der Waals surface area (Å²) in [6.07, 6.45) is -4.74. The van der Waals surface area contributed by atoms with Crippen LogP contribution in [0.25, 0.3) is 11.3 Å². The molecule has 9 heteroatoms. The average Bonchev–Trinajstić information content (AvgIpc) is 2.61. The summed E-state index contributed by atoms with van der Waals surface area (Å²) in [5, 5.41) is 2.77. The van der Waals surface area contributed by atoms with Crippen molar-refractivity contribution in [3.8, 4) is 17.0 Å². The van der Waals surface area contributed by atoms with E-state index >= 15 is 0 Å². The number of hydrogen-bond acceptors (Lipinski definition) is 5. The van der Waals surface area contributed by atoms with Gasteiger partial charge in [0.1, 0.15) is 11.4 Å². The summed E-state index contributed by atoms with van der Waals surface area (Å²) in [5.41, 5.74) is 6.73. The summed E-state index contributed by atoms with van der Waals surface area (Å²) in [7, 11) is 1.91. The molecule has 1 amide bonds. The first-order chi connectivity index (χ1) is 12.8. The molecule has 1 heterocycles. The number of nitrogens with zero attached hydrogens (tertiary/aromatic N) is 2. The summed E-state index contributed by atoms with van der Waals surface area (Å²) in [6.45, 7) is 2.38. The Bertz CT molecular complexity index is 751. The highest BCUT2D eigenvalue weighted by molar-refractivity contribution is 5.92. The number of nitrogens with one attached hydrogen (secondary N) is 1. The molecule has 0 spiro atoms. The van der Waals surface area contributed by atoms with Crippen LogP contribution in [0.2, 0.25) is 0 Å². The minimum atomic E-state index is -4.74. The van der Waals surface area contributed by atoms with E-state index in [2.05, 4.69) is 15.0 Å². The van der Waals surface area contributed by atoms with Crippen molar-refractivity contribution >= 4 is 5.91 Å². The summed E-state index contributed by atoms with van der Waals surface area (Å²) < 4.78 is 40.5. The van der Waals surface area contributed by atoms with Crippen LogP contribution in [0.3, 0.4) is 0 Å². The largest absolute Gasteiger partial charge is 0.573 e. The fourth-order valence-corrected chi connectivity index (χ4v) is 2.33. The van der Waals surface area contributed by atoms with Crippen LogP contribution >= 0.6 is 0 Å². The number of benzene rings is 1. The van der Waals surface area contributed by atoms with Crippen LogP contribution in [-0.2, 0) is 0 Å². The van der Waals surface area contributed by atoms with E-state index in [9.17, 15) is 18.0 Å². The number of halogens is 3. The molecule has 0 fully saturated rings. The van der Waals surface area contributed by atoms with Crippen LogP contribution in [0.1, 0.15) is 10.5 Å². The molecule has 0 aliphatic carbocycles. The molecule has 2 aromatic rings. The summed E-state index contributed by atoms with van der Waals surface area (Å²) >= 11 is 0. The summed E-state index contributed by atoms with van der Waals surface area (Å²) in [4.78, 5) is 18.5. The monoisotopic (exact) mass is 382 g/mol. The van der Waals surface area contributed by atoms with Gasteiger partial charge in [0.2, 0.25) is 0 Å². The van der Waals surface area contributed by atoms with E-state index in [4.69, 9.17) is 5.73 Å². The standard InChI is InChI=1S/C18H21F3N4O2/c1-25(11-9-22)12-10-23-17(26)16-4-2-3-15(24-16)13-5-7-14(8-6-13)27-18(19,20)21/h2-8H,9-12,22H2,1H3,(H,23,26). The quantitative estimate of drug-likeness (QED) is 0.732. The highest BCUT2D eigenvalue weighted by atomic mass is 19.4. The third-order valence-corrected chi connectivity index (χ3v) is 3.66. The van der Waals surface area contributed by atoms with Gasteiger partial charge in [-0.2, -0.15) is 0 Å². The Morgan fingerprint density at radius 3 is 2.52 bits per heavy atom. The van der Waals surface area contributed by atoms with Crippen LogP contribution < -0.4 is 15.8 Å². The van der Waals surface area contributed by atoms with Gasteiger partial charge in [-0.05, 0) is 43.4 Å². The van der Waals surface area contributed by atoms with Crippen molar-refractivity contribution in [2.24, 2.45) is 5.73 Å². The normalized spacial score (nSPS) is 11.5. The van der Waals surface area contributed by atoms with Gasteiger partial charge in [0.25, 0.3) is 5.91 Å². The molecule has 0 unspecified atom stereocenters. The number of carbonyl (C=O) groups excluding carboxylic acids is 1. The second-order valence-electron chi connectivity index (χ2n) is 5.83. The van der Waals surface area contributed by atoms with E-state index in [1.165, 1.54) is 24.3 Å².